The molecule has 1 amide bonds. The maximum atomic E-state index is 13.3. The zero-order valence-corrected chi connectivity index (χ0v) is 20.9. The van der Waals surface area contributed by atoms with Crippen LogP contribution >= 0.6 is 27.5 Å². The average molecular weight is 548 g/mol. The molecule has 4 aromatic carbocycles. The van der Waals surface area contributed by atoms with E-state index in [2.05, 4.69) is 40.2 Å². The van der Waals surface area contributed by atoms with Crippen LogP contribution in [0.25, 0.3) is 10.8 Å². The summed E-state index contributed by atoms with van der Waals surface area (Å²) in [6, 6.07) is 26.5. The second-order valence-corrected chi connectivity index (χ2v) is 9.56. The monoisotopic (exact) mass is 546 g/mol. The number of fused-ring (bicyclic) bond motifs is 1. The van der Waals surface area contributed by atoms with Crippen molar-refractivity contribution in [2.24, 2.45) is 5.10 Å². The molecule has 0 aliphatic carbocycles. The van der Waals surface area contributed by atoms with Crippen LogP contribution < -0.4 is 4.74 Å². The Bertz CT molecular complexity index is 1450. The first-order valence-corrected chi connectivity index (χ1v) is 12.2. The third kappa shape index (κ3) is 4.99. The van der Waals surface area contributed by atoms with Gasteiger partial charge in [0.15, 0.2) is 12.9 Å². The number of rotatable bonds is 6. The number of aldehydes is 1. The summed E-state index contributed by atoms with van der Waals surface area (Å²) in [4.78, 5) is 24.7. The summed E-state index contributed by atoms with van der Waals surface area (Å²) in [5.74, 6) is 0.0398. The normalized spacial score (nSPS) is 15.2. The van der Waals surface area contributed by atoms with Crippen molar-refractivity contribution in [3.05, 3.63) is 111 Å². The third-order valence-electron chi connectivity index (χ3n) is 5.95. The smallest absolute Gasteiger partial charge is 0.281 e. The molecule has 1 atom stereocenters. The van der Waals surface area contributed by atoms with Crippen LogP contribution in [0.2, 0.25) is 5.02 Å². The van der Waals surface area contributed by atoms with Gasteiger partial charge in [0, 0.05) is 15.9 Å². The van der Waals surface area contributed by atoms with Gasteiger partial charge in [-0.1, -0.05) is 76.1 Å². The number of benzene rings is 4. The lowest BCUT2D eigenvalue weighted by Gasteiger charge is -2.22. The van der Waals surface area contributed by atoms with Gasteiger partial charge in [-0.25, -0.2) is 5.01 Å². The molecule has 0 fully saturated rings. The minimum Gasteiger partial charge on any atom is -0.483 e. The number of amides is 1. The maximum Gasteiger partial charge on any atom is 0.281 e. The van der Waals surface area contributed by atoms with Gasteiger partial charge in [0.05, 0.1) is 17.3 Å². The van der Waals surface area contributed by atoms with Gasteiger partial charge >= 0.3 is 0 Å². The first-order valence-electron chi connectivity index (χ1n) is 11.0. The average Bonchev–Trinajstić information content (AvgIpc) is 3.33. The summed E-state index contributed by atoms with van der Waals surface area (Å²) in [6.07, 6.45) is 1.26. The van der Waals surface area contributed by atoms with Crippen LogP contribution in [0.1, 0.15) is 33.9 Å². The topological polar surface area (TPSA) is 59.0 Å². The Morgan fingerprint density at radius 2 is 1.80 bits per heavy atom. The Morgan fingerprint density at radius 3 is 2.57 bits per heavy atom. The van der Waals surface area contributed by atoms with Gasteiger partial charge in [-0.05, 0) is 58.3 Å². The van der Waals surface area contributed by atoms with Crippen molar-refractivity contribution in [3.8, 4) is 5.75 Å². The van der Waals surface area contributed by atoms with E-state index in [0.717, 1.165) is 32.1 Å². The van der Waals surface area contributed by atoms with Crippen LogP contribution in [0.4, 0.5) is 0 Å². The van der Waals surface area contributed by atoms with Crippen LogP contribution in [0.3, 0.4) is 0 Å². The van der Waals surface area contributed by atoms with Crippen molar-refractivity contribution >= 4 is 56.2 Å². The van der Waals surface area contributed by atoms with E-state index >= 15 is 0 Å². The third-order valence-corrected chi connectivity index (χ3v) is 6.70. The quantitative estimate of drug-likeness (QED) is 0.249. The highest BCUT2D eigenvalue weighted by atomic mass is 79.9. The standard InChI is InChI=1S/C28H20BrClN2O3/c29-23-9-12-27(22(14-23)16-33)35-17-28(34)32-26(19-7-10-24(30)11-8-19)15-25(31-32)21-6-5-18-3-1-2-4-20(18)13-21/h1-14,16,26H,15,17H2. The lowest BCUT2D eigenvalue weighted by Crippen LogP contribution is -2.31. The number of carbonyl (C=O) groups is 2. The fourth-order valence-electron chi connectivity index (χ4n) is 4.18. The van der Waals surface area contributed by atoms with E-state index in [1.165, 1.54) is 5.01 Å². The Balaban J connectivity index is 1.44. The van der Waals surface area contributed by atoms with Gasteiger partial charge in [-0.2, -0.15) is 5.10 Å². The lowest BCUT2D eigenvalue weighted by molar-refractivity contribution is -0.135. The van der Waals surface area contributed by atoms with E-state index < -0.39 is 0 Å². The minimum absolute atomic E-state index is 0.249. The van der Waals surface area contributed by atoms with Crippen LogP contribution in [0.15, 0.2) is 94.5 Å². The molecular weight excluding hydrogens is 528 g/mol. The molecule has 1 aliphatic heterocycles. The van der Waals surface area contributed by atoms with Gasteiger partial charge < -0.3 is 4.74 Å². The summed E-state index contributed by atoms with van der Waals surface area (Å²) in [5.41, 5.74) is 3.08. The van der Waals surface area contributed by atoms with Gasteiger partial charge in [-0.15, -0.1) is 0 Å². The van der Waals surface area contributed by atoms with Crippen molar-refractivity contribution in [2.45, 2.75) is 12.5 Å². The highest BCUT2D eigenvalue weighted by Crippen LogP contribution is 2.34. The van der Waals surface area contributed by atoms with Gasteiger partial charge in [0.2, 0.25) is 0 Å². The summed E-state index contributed by atoms with van der Waals surface area (Å²) < 4.78 is 6.48. The number of hydrazone groups is 1. The molecule has 5 nitrogen and oxygen atoms in total. The molecule has 1 heterocycles. The zero-order valence-electron chi connectivity index (χ0n) is 18.5. The molecule has 0 aromatic heterocycles. The van der Waals surface area contributed by atoms with Gasteiger partial charge in [-0.3, -0.25) is 9.59 Å². The summed E-state index contributed by atoms with van der Waals surface area (Å²) >= 11 is 9.43. The number of halogens is 2. The lowest BCUT2D eigenvalue weighted by atomic mass is 9.97. The Hall–Kier alpha value is -3.48. The van der Waals surface area contributed by atoms with E-state index in [1.54, 1.807) is 18.2 Å². The number of nitrogens with zero attached hydrogens (tertiary/aromatic N) is 2. The van der Waals surface area contributed by atoms with Gasteiger partial charge in [0.1, 0.15) is 5.75 Å². The second-order valence-electron chi connectivity index (χ2n) is 8.21. The van der Waals surface area contributed by atoms with Crippen LogP contribution in [-0.4, -0.2) is 29.5 Å². The van der Waals surface area contributed by atoms with E-state index in [0.29, 0.717) is 29.0 Å². The predicted molar refractivity (Wildman–Crippen MR) is 141 cm³/mol. The zero-order chi connectivity index (χ0) is 24.4. The van der Waals surface area contributed by atoms with Crippen LogP contribution in [0, 0.1) is 0 Å². The SMILES string of the molecule is O=Cc1cc(Br)ccc1OCC(=O)N1N=C(c2ccc3ccccc3c2)CC1c1ccc(Cl)cc1. The number of hydrogen-bond acceptors (Lipinski definition) is 4. The molecule has 174 valence electrons. The second kappa shape index (κ2) is 10.0. The number of hydrogen-bond donors (Lipinski definition) is 0. The predicted octanol–water partition coefficient (Wildman–Crippen LogP) is 6.82. The number of carbonyl (C=O) groups excluding carboxylic acids is 2. The van der Waals surface area contributed by atoms with Crippen molar-refractivity contribution in [1.29, 1.82) is 0 Å². The molecule has 35 heavy (non-hydrogen) atoms. The molecular formula is C28H20BrClN2O3. The first-order chi connectivity index (χ1) is 17.0. The molecule has 1 aliphatic rings. The highest BCUT2D eigenvalue weighted by molar-refractivity contribution is 9.10. The molecule has 7 heteroatoms. The molecule has 0 saturated carbocycles. The summed E-state index contributed by atoms with van der Waals surface area (Å²) in [5, 5.41) is 9.09. The van der Waals surface area contributed by atoms with Gasteiger partial charge in [0.25, 0.3) is 5.91 Å². The highest BCUT2D eigenvalue weighted by Gasteiger charge is 2.33. The van der Waals surface area contributed by atoms with Crippen molar-refractivity contribution < 1.29 is 14.3 Å². The van der Waals surface area contributed by atoms with E-state index in [4.69, 9.17) is 21.4 Å². The molecule has 0 radical (unpaired) electrons. The number of ether oxygens (including phenoxy) is 1. The van der Waals surface area contributed by atoms with Crippen molar-refractivity contribution in [2.75, 3.05) is 6.61 Å². The fraction of sp³-hybridized carbons (Fsp3) is 0.107. The molecule has 1 unspecified atom stereocenters. The molecule has 0 spiro atoms. The molecule has 0 bridgehead atoms. The van der Waals surface area contributed by atoms with E-state index in [-0.39, 0.29) is 18.6 Å². The summed E-state index contributed by atoms with van der Waals surface area (Å²) in [6.45, 7) is -0.249. The van der Waals surface area contributed by atoms with E-state index in [9.17, 15) is 9.59 Å². The largest absolute Gasteiger partial charge is 0.483 e. The van der Waals surface area contributed by atoms with Crippen molar-refractivity contribution in [3.63, 3.8) is 0 Å². The van der Waals surface area contributed by atoms with Crippen LogP contribution in [0.5, 0.6) is 5.75 Å². The Morgan fingerprint density at radius 1 is 1.03 bits per heavy atom. The maximum absolute atomic E-state index is 13.3. The molecule has 4 aromatic rings. The Kier molecular flexibility index (Phi) is 6.66. The van der Waals surface area contributed by atoms with Crippen molar-refractivity contribution in [1.82, 2.24) is 5.01 Å². The molecule has 0 saturated heterocycles. The molecule has 5 rings (SSSR count). The van der Waals surface area contributed by atoms with Crippen LogP contribution in [-0.2, 0) is 4.79 Å². The summed E-state index contributed by atoms with van der Waals surface area (Å²) in [7, 11) is 0. The first kappa shape index (κ1) is 23.3. The van der Waals surface area contributed by atoms with E-state index in [1.807, 2.05) is 42.5 Å². The fourth-order valence-corrected chi connectivity index (χ4v) is 4.68. The molecule has 0 N–H and O–H groups in total. The minimum atomic E-state index is -0.305. The Labute approximate surface area is 216 Å².